The van der Waals surface area contributed by atoms with Crippen LogP contribution in [0.15, 0.2) is 18.2 Å². The van der Waals surface area contributed by atoms with Gasteiger partial charge in [0.25, 0.3) is 5.91 Å². The molecular weight excluding hydrogens is 294 g/mol. The minimum atomic E-state index is -0.148. The summed E-state index contributed by atoms with van der Waals surface area (Å²) >= 11 is 0. The van der Waals surface area contributed by atoms with E-state index < -0.39 is 0 Å². The monoisotopic (exact) mass is 319 g/mol. The smallest absolute Gasteiger partial charge is 0.253 e. The van der Waals surface area contributed by atoms with Gasteiger partial charge in [-0.15, -0.1) is 0 Å². The number of hydrogen-bond donors (Lipinski definition) is 2. The third-order valence-corrected chi connectivity index (χ3v) is 3.82. The summed E-state index contributed by atoms with van der Waals surface area (Å²) in [6.07, 6.45) is 3.05. The first-order valence-electron chi connectivity index (χ1n) is 8.05. The van der Waals surface area contributed by atoms with Gasteiger partial charge in [0.1, 0.15) is 0 Å². The second-order valence-corrected chi connectivity index (χ2v) is 5.71. The number of nitrogens with one attached hydrogen (secondary N) is 2. The lowest BCUT2D eigenvalue weighted by Gasteiger charge is -2.22. The Morgan fingerprint density at radius 3 is 2.65 bits per heavy atom. The van der Waals surface area contributed by atoms with E-state index in [-0.39, 0.29) is 11.8 Å². The van der Waals surface area contributed by atoms with Crippen LogP contribution in [-0.4, -0.2) is 45.2 Å². The molecule has 6 nitrogen and oxygen atoms in total. The van der Waals surface area contributed by atoms with Crippen LogP contribution in [0.4, 0.5) is 11.4 Å². The molecule has 1 aromatic rings. The van der Waals surface area contributed by atoms with Crippen molar-refractivity contribution in [2.75, 3.05) is 43.6 Å². The first kappa shape index (κ1) is 17.3. The Balaban J connectivity index is 2.17. The van der Waals surface area contributed by atoms with Gasteiger partial charge in [-0.2, -0.15) is 0 Å². The number of methoxy groups -OCH3 is 1. The minimum Gasteiger partial charge on any atom is -0.385 e. The molecule has 1 saturated heterocycles. The molecule has 2 N–H and O–H groups in total. The van der Waals surface area contributed by atoms with Crippen LogP contribution in [0.1, 0.15) is 36.5 Å². The van der Waals surface area contributed by atoms with Gasteiger partial charge in [-0.1, -0.05) is 0 Å². The maximum absolute atomic E-state index is 12.5. The summed E-state index contributed by atoms with van der Waals surface area (Å²) in [7, 11) is 1.64. The van der Waals surface area contributed by atoms with Crippen molar-refractivity contribution in [3.05, 3.63) is 23.8 Å². The van der Waals surface area contributed by atoms with Crippen molar-refractivity contribution in [1.82, 2.24) is 5.32 Å². The number of amides is 2. The molecule has 1 aromatic carbocycles. The van der Waals surface area contributed by atoms with Crippen molar-refractivity contribution in [2.45, 2.75) is 26.2 Å². The van der Waals surface area contributed by atoms with Gasteiger partial charge in [-0.25, -0.2) is 0 Å². The zero-order valence-electron chi connectivity index (χ0n) is 13.9. The number of hydrogen-bond acceptors (Lipinski definition) is 4. The summed E-state index contributed by atoms with van der Waals surface area (Å²) in [5, 5.41) is 5.66. The highest BCUT2D eigenvalue weighted by atomic mass is 16.5. The first-order valence-corrected chi connectivity index (χ1v) is 8.05. The molecule has 1 heterocycles. The maximum atomic E-state index is 12.5. The van der Waals surface area contributed by atoms with Crippen LogP contribution in [0.3, 0.4) is 0 Å². The van der Waals surface area contributed by atoms with E-state index in [1.54, 1.807) is 13.2 Å². The SMILES string of the molecule is COCCCNC(=O)c1cc(NC(C)=O)ccc1N1CCCC1. The zero-order chi connectivity index (χ0) is 16.7. The first-order chi connectivity index (χ1) is 11.1. The van der Waals surface area contributed by atoms with Gasteiger partial charge in [-0.3, -0.25) is 9.59 Å². The number of carbonyl (C=O) groups is 2. The highest BCUT2D eigenvalue weighted by Gasteiger charge is 2.20. The Hall–Kier alpha value is -2.08. The molecule has 0 atom stereocenters. The molecule has 0 radical (unpaired) electrons. The van der Waals surface area contributed by atoms with Crippen molar-refractivity contribution in [3.8, 4) is 0 Å². The van der Waals surface area contributed by atoms with Gasteiger partial charge < -0.3 is 20.3 Å². The molecule has 2 amide bonds. The normalized spacial score (nSPS) is 13.9. The number of rotatable bonds is 7. The Labute approximate surface area is 137 Å². The fourth-order valence-electron chi connectivity index (χ4n) is 2.75. The summed E-state index contributed by atoms with van der Waals surface area (Å²) in [6, 6.07) is 5.51. The van der Waals surface area contributed by atoms with Gasteiger partial charge >= 0.3 is 0 Å². The van der Waals surface area contributed by atoms with Crippen LogP contribution in [0.25, 0.3) is 0 Å². The Kier molecular flexibility index (Phi) is 6.40. The van der Waals surface area contributed by atoms with E-state index in [4.69, 9.17) is 4.74 Å². The molecule has 0 unspecified atom stereocenters. The van der Waals surface area contributed by atoms with Gasteiger partial charge in [-0.05, 0) is 37.5 Å². The van der Waals surface area contributed by atoms with Crippen molar-refractivity contribution in [2.24, 2.45) is 0 Å². The number of anilines is 2. The predicted molar refractivity (Wildman–Crippen MR) is 91.0 cm³/mol. The van der Waals surface area contributed by atoms with Crippen molar-refractivity contribution < 1.29 is 14.3 Å². The van der Waals surface area contributed by atoms with Crippen LogP contribution < -0.4 is 15.5 Å². The summed E-state index contributed by atoms with van der Waals surface area (Å²) in [4.78, 5) is 26.0. The molecule has 1 fully saturated rings. The molecule has 0 aliphatic carbocycles. The van der Waals surface area contributed by atoms with E-state index >= 15 is 0 Å². The number of nitrogens with zero attached hydrogens (tertiary/aromatic N) is 1. The van der Waals surface area contributed by atoms with E-state index in [1.165, 1.54) is 6.92 Å². The van der Waals surface area contributed by atoms with E-state index in [0.29, 0.717) is 24.4 Å². The van der Waals surface area contributed by atoms with E-state index in [9.17, 15) is 9.59 Å². The average Bonchev–Trinajstić information content (AvgIpc) is 3.05. The Morgan fingerprint density at radius 1 is 1.26 bits per heavy atom. The quantitative estimate of drug-likeness (QED) is 0.754. The van der Waals surface area contributed by atoms with Crippen LogP contribution in [0.5, 0.6) is 0 Å². The second-order valence-electron chi connectivity index (χ2n) is 5.71. The van der Waals surface area contributed by atoms with Crippen LogP contribution in [0, 0.1) is 0 Å². The summed E-state index contributed by atoms with van der Waals surface area (Å²) < 4.78 is 4.99. The molecule has 0 bridgehead atoms. The molecule has 126 valence electrons. The number of ether oxygens (including phenoxy) is 1. The lowest BCUT2D eigenvalue weighted by Crippen LogP contribution is -2.28. The molecule has 23 heavy (non-hydrogen) atoms. The highest BCUT2D eigenvalue weighted by molar-refractivity contribution is 6.02. The maximum Gasteiger partial charge on any atom is 0.253 e. The summed E-state index contributed by atoms with van der Waals surface area (Å²) in [6.45, 7) is 4.56. The van der Waals surface area contributed by atoms with Gasteiger partial charge in [0.2, 0.25) is 5.91 Å². The second kappa shape index (κ2) is 8.53. The summed E-state index contributed by atoms with van der Waals surface area (Å²) in [5.74, 6) is -0.263. The Morgan fingerprint density at radius 2 is 2.00 bits per heavy atom. The molecule has 1 aliphatic heterocycles. The third kappa shape index (κ3) is 4.96. The van der Waals surface area contributed by atoms with Gasteiger partial charge in [0.05, 0.1) is 5.56 Å². The Bertz CT molecular complexity index is 554. The standard InChI is InChI=1S/C17H25N3O3/c1-13(21)19-14-6-7-16(20-9-3-4-10-20)15(12-14)17(22)18-8-5-11-23-2/h6-7,12H,3-5,8-11H2,1-2H3,(H,18,22)(H,19,21). The van der Waals surface area contributed by atoms with E-state index in [0.717, 1.165) is 38.0 Å². The van der Waals surface area contributed by atoms with Crippen molar-refractivity contribution >= 4 is 23.2 Å². The van der Waals surface area contributed by atoms with E-state index in [1.807, 2.05) is 12.1 Å². The molecule has 0 saturated carbocycles. The average molecular weight is 319 g/mol. The molecular formula is C17H25N3O3. The molecule has 2 rings (SSSR count). The predicted octanol–water partition coefficient (Wildman–Crippen LogP) is 2.01. The van der Waals surface area contributed by atoms with Crippen LogP contribution in [0.2, 0.25) is 0 Å². The number of carbonyl (C=O) groups excluding carboxylic acids is 2. The lowest BCUT2D eigenvalue weighted by molar-refractivity contribution is -0.114. The largest absolute Gasteiger partial charge is 0.385 e. The van der Waals surface area contributed by atoms with Gasteiger partial charge in [0, 0.05) is 51.6 Å². The molecule has 0 aromatic heterocycles. The summed E-state index contributed by atoms with van der Waals surface area (Å²) in [5.41, 5.74) is 2.18. The molecule has 0 spiro atoms. The van der Waals surface area contributed by atoms with E-state index in [2.05, 4.69) is 15.5 Å². The van der Waals surface area contributed by atoms with Crippen molar-refractivity contribution in [3.63, 3.8) is 0 Å². The number of benzene rings is 1. The van der Waals surface area contributed by atoms with Gasteiger partial charge in [0.15, 0.2) is 0 Å². The fourth-order valence-corrected chi connectivity index (χ4v) is 2.75. The third-order valence-electron chi connectivity index (χ3n) is 3.82. The lowest BCUT2D eigenvalue weighted by atomic mass is 10.1. The minimum absolute atomic E-state index is 0.116. The fraction of sp³-hybridized carbons (Fsp3) is 0.529. The van der Waals surface area contributed by atoms with Crippen LogP contribution in [-0.2, 0) is 9.53 Å². The topological polar surface area (TPSA) is 70.7 Å². The molecule has 6 heteroatoms. The zero-order valence-corrected chi connectivity index (χ0v) is 13.9. The van der Waals surface area contributed by atoms with Crippen molar-refractivity contribution in [1.29, 1.82) is 0 Å². The van der Waals surface area contributed by atoms with Crippen LogP contribution >= 0.6 is 0 Å². The molecule has 1 aliphatic rings. The highest BCUT2D eigenvalue weighted by Crippen LogP contribution is 2.27.